The predicted molar refractivity (Wildman–Crippen MR) is 111 cm³/mol. The van der Waals surface area contributed by atoms with E-state index in [0.29, 0.717) is 39.8 Å². The quantitative estimate of drug-likeness (QED) is 0.327. The van der Waals surface area contributed by atoms with Crippen LogP contribution in [0.25, 0.3) is 0 Å². The third kappa shape index (κ3) is 6.54. The maximum Gasteiger partial charge on any atom is 0.341 e. The summed E-state index contributed by atoms with van der Waals surface area (Å²) in [6.07, 6.45) is 3.49. The van der Waals surface area contributed by atoms with Gasteiger partial charge in [0, 0.05) is 5.56 Å². The number of urea groups is 1. The van der Waals surface area contributed by atoms with Crippen molar-refractivity contribution in [3.63, 3.8) is 0 Å². The lowest BCUT2D eigenvalue weighted by molar-refractivity contribution is -0.139. The molecule has 0 spiro atoms. The second-order valence-corrected chi connectivity index (χ2v) is 6.10. The lowest BCUT2D eigenvalue weighted by atomic mass is 10.1. The van der Waals surface area contributed by atoms with Gasteiger partial charge in [0.15, 0.2) is 18.1 Å². The number of nitrogens with zero attached hydrogens (tertiary/aromatic N) is 1. The Morgan fingerprint density at radius 3 is 2.72 bits per heavy atom. The summed E-state index contributed by atoms with van der Waals surface area (Å²) in [6.45, 7) is 3.19. The molecule has 0 heterocycles. The molecule has 0 aliphatic heterocycles. The minimum Gasteiger partial charge on any atom is -0.493 e. The number of hydrogen-bond acceptors (Lipinski definition) is 5. The standard InChI is InChI=1S/C20H20ClN3O5/c1-3-6-14-9-13(10-17(28-2)19(14)29-12-18(25)26)11-22-24-20(27)23-16-8-5-4-7-15(16)21/h3-5,7-11H,1,6,12H2,2H3,(H,25,26)(H2,23,24,27)/b22-11+. The summed E-state index contributed by atoms with van der Waals surface area (Å²) in [5.41, 5.74) is 4.08. The topological polar surface area (TPSA) is 109 Å². The van der Waals surface area contributed by atoms with Gasteiger partial charge in [0.25, 0.3) is 0 Å². The van der Waals surface area contributed by atoms with Crippen molar-refractivity contribution in [2.75, 3.05) is 19.0 Å². The van der Waals surface area contributed by atoms with Crippen molar-refractivity contribution in [2.45, 2.75) is 6.42 Å². The van der Waals surface area contributed by atoms with Crippen molar-refractivity contribution in [1.29, 1.82) is 0 Å². The number of hydrazone groups is 1. The van der Waals surface area contributed by atoms with Crippen LogP contribution in [-0.4, -0.2) is 37.0 Å². The minimum atomic E-state index is -1.10. The third-order valence-electron chi connectivity index (χ3n) is 3.58. The Hall–Kier alpha value is -3.52. The Morgan fingerprint density at radius 2 is 2.07 bits per heavy atom. The SMILES string of the molecule is C=CCc1cc(/C=N/NC(=O)Nc2ccccc2Cl)cc(OC)c1OCC(=O)O. The van der Waals surface area contributed by atoms with Crippen LogP contribution in [-0.2, 0) is 11.2 Å². The second kappa shape index (κ2) is 10.7. The van der Waals surface area contributed by atoms with Crippen molar-refractivity contribution in [3.8, 4) is 11.5 Å². The van der Waals surface area contributed by atoms with Gasteiger partial charge in [-0.2, -0.15) is 5.10 Å². The van der Waals surface area contributed by atoms with Crippen molar-refractivity contribution in [1.82, 2.24) is 5.43 Å². The molecule has 0 aliphatic carbocycles. The van der Waals surface area contributed by atoms with E-state index in [1.165, 1.54) is 13.3 Å². The molecule has 0 aliphatic rings. The number of carbonyl (C=O) groups excluding carboxylic acids is 1. The maximum absolute atomic E-state index is 11.9. The average molecular weight is 418 g/mol. The monoisotopic (exact) mass is 417 g/mol. The Labute approximate surface area is 172 Å². The number of para-hydroxylation sites is 1. The zero-order valence-corrected chi connectivity index (χ0v) is 16.4. The molecule has 0 saturated heterocycles. The number of ether oxygens (including phenoxy) is 2. The summed E-state index contributed by atoms with van der Waals surface area (Å²) in [7, 11) is 1.44. The molecule has 2 aromatic carbocycles. The maximum atomic E-state index is 11.9. The summed E-state index contributed by atoms with van der Waals surface area (Å²) in [5, 5.41) is 15.7. The lowest BCUT2D eigenvalue weighted by Crippen LogP contribution is -2.24. The molecule has 0 unspecified atom stereocenters. The second-order valence-electron chi connectivity index (χ2n) is 5.69. The molecule has 3 N–H and O–H groups in total. The van der Waals surface area contributed by atoms with Crippen LogP contribution in [0.1, 0.15) is 11.1 Å². The zero-order chi connectivity index (χ0) is 21.2. The summed E-state index contributed by atoms with van der Waals surface area (Å²) in [5.74, 6) is -0.445. The Balaban J connectivity index is 2.13. The fraction of sp³-hybridized carbons (Fsp3) is 0.150. The largest absolute Gasteiger partial charge is 0.493 e. The first-order valence-electron chi connectivity index (χ1n) is 8.45. The summed E-state index contributed by atoms with van der Waals surface area (Å²) in [6, 6.07) is 9.59. The van der Waals surface area contributed by atoms with E-state index in [9.17, 15) is 9.59 Å². The third-order valence-corrected chi connectivity index (χ3v) is 3.91. The van der Waals surface area contributed by atoms with Gasteiger partial charge in [-0.05, 0) is 36.2 Å². The number of nitrogens with one attached hydrogen (secondary N) is 2. The van der Waals surface area contributed by atoms with Gasteiger partial charge in [0.05, 0.1) is 24.0 Å². The van der Waals surface area contributed by atoms with Crippen LogP contribution in [0.5, 0.6) is 11.5 Å². The summed E-state index contributed by atoms with van der Waals surface area (Å²) < 4.78 is 10.6. The van der Waals surface area contributed by atoms with Gasteiger partial charge in [0.1, 0.15) is 0 Å². The van der Waals surface area contributed by atoms with Crippen LogP contribution >= 0.6 is 11.6 Å². The van der Waals surface area contributed by atoms with E-state index in [4.69, 9.17) is 26.2 Å². The number of methoxy groups -OCH3 is 1. The highest BCUT2D eigenvalue weighted by Gasteiger charge is 2.14. The van der Waals surface area contributed by atoms with Crippen LogP contribution in [0.15, 0.2) is 54.2 Å². The fourth-order valence-electron chi connectivity index (χ4n) is 2.39. The molecule has 0 atom stereocenters. The van der Waals surface area contributed by atoms with Crippen molar-refractivity contribution in [2.24, 2.45) is 5.10 Å². The molecule has 2 aromatic rings. The molecule has 0 aromatic heterocycles. The number of hydrogen-bond donors (Lipinski definition) is 3. The Morgan fingerprint density at radius 1 is 1.31 bits per heavy atom. The van der Waals surface area contributed by atoms with Crippen LogP contribution in [0, 0.1) is 0 Å². The number of carbonyl (C=O) groups is 2. The van der Waals surface area contributed by atoms with E-state index in [-0.39, 0.29) is 0 Å². The normalized spacial score (nSPS) is 10.4. The fourth-order valence-corrected chi connectivity index (χ4v) is 2.58. The average Bonchev–Trinajstić information content (AvgIpc) is 2.68. The summed E-state index contributed by atoms with van der Waals surface area (Å²) >= 11 is 5.99. The minimum absolute atomic E-state index is 0.316. The van der Waals surface area contributed by atoms with E-state index in [0.717, 1.165) is 0 Å². The van der Waals surface area contributed by atoms with Gasteiger partial charge >= 0.3 is 12.0 Å². The molecule has 2 amide bonds. The molecule has 0 fully saturated rings. The number of amides is 2. The predicted octanol–water partition coefficient (Wildman–Crippen LogP) is 3.70. The Kier molecular flexibility index (Phi) is 8.05. The van der Waals surface area contributed by atoms with Crippen molar-refractivity contribution < 1.29 is 24.2 Å². The molecule has 9 heteroatoms. The van der Waals surface area contributed by atoms with Gasteiger partial charge in [0.2, 0.25) is 0 Å². The number of anilines is 1. The van der Waals surface area contributed by atoms with Crippen molar-refractivity contribution >= 4 is 35.5 Å². The lowest BCUT2D eigenvalue weighted by Gasteiger charge is -2.14. The number of carboxylic acids is 1. The van der Waals surface area contributed by atoms with Crippen molar-refractivity contribution in [3.05, 3.63) is 65.2 Å². The molecule has 0 radical (unpaired) electrons. The summed E-state index contributed by atoms with van der Waals surface area (Å²) in [4.78, 5) is 22.7. The van der Waals surface area contributed by atoms with E-state index in [2.05, 4.69) is 22.4 Å². The zero-order valence-electron chi connectivity index (χ0n) is 15.6. The first-order valence-corrected chi connectivity index (χ1v) is 8.83. The first kappa shape index (κ1) is 21.8. The van der Waals surface area contributed by atoms with E-state index in [1.807, 2.05) is 0 Å². The van der Waals surface area contributed by atoms with Gasteiger partial charge in [-0.15, -0.1) is 6.58 Å². The van der Waals surface area contributed by atoms with E-state index >= 15 is 0 Å². The molecule has 8 nitrogen and oxygen atoms in total. The number of halogens is 1. The molecular weight excluding hydrogens is 398 g/mol. The molecule has 2 rings (SSSR count). The van der Waals surface area contributed by atoms with Crippen LogP contribution < -0.4 is 20.2 Å². The van der Waals surface area contributed by atoms with Crippen LogP contribution in [0.3, 0.4) is 0 Å². The molecule has 152 valence electrons. The van der Waals surface area contributed by atoms with E-state index in [1.54, 1.807) is 42.5 Å². The smallest absolute Gasteiger partial charge is 0.341 e. The molecule has 0 bridgehead atoms. The number of aliphatic carboxylic acids is 1. The number of benzene rings is 2. The van der Waals surface area contributed by atoms with Gasteiger partial charge < -0.3 is 19.9 Å². The van der Waals surface area contributed by atoms with Crippen LogP contribution in [0.4, 0.5) is 10.5 Å². The van der Waals surface area contributed by atoms with E-state index < -0.39 is 18.6 Å². The highest BCUT2D eigenvalue weighted by Crippen LogP contribution is 2.33. The molecule has 29 heavy (non-hydrogen) atoms. The highest BCUT2D eigenvalue weighted by atomic mass is 35.5. The van der Waals surface area contributed by atoms with Gasteiger partial charge in [-0.3, -0.25) is 0 Å². The number of allylic oxidation sites excluding steroid dienone is 1. The number of rotatable bonds is 9. The molecule has 0 saturated carbocycles. The Bertz CT molecular complexity index is 930. The highest BCUT2D eigenvalue weighted by molar-refractivity contribution is 6.33. The number of carboxylic acid groups (broad SMARTS) is 1. The van der Waals surface area contributed by atoms with Gasteiger partial charge in [-0.1, -0.05) is 29.8 Å². The molecular formula is C20H20ClN3O5. The van der Waals surface area contributed by atoms with Gasteiger partial charge in [-0.25, -0.2) is 15.0 Å². The first-order chi connectivity index (χ1) is 13.9. The van der Waals surface area contributed by atoms with Crippen LogP contribution in [0.2, 0.25) is 5.02 Å².